The summed E-state index contributed by atoms with van der Waals surface area (Å²) in [6, 6.07) is 9.47. The Morgan fingerprint density at radius 3 is 2.59 bits per heavy atom. The first-order valence-corrected chi connectivity index (χ1v) is 5.75. The predicted octanol–water partition coefficient (Wildman–Crippen LogP) is 2.78. The van der Waals surface area contributed by atoms with Crippen molar-refractivity contribution >= 4 is 11.6 Å². The number of H-pyrrole nitrogens is 1. The second kappa shape index (κ2) is 4.49. The minimum Gasteiger partial charge on any atom is -0.345 e. The van der Waals surface area contributed by atoms with Gasteiger partial charge in [-0.05, 0) is 18.2 Å². The molecule has 5 heteroatoms. The van der Waals surface area contributed by atoms with Gasteiger partial charge in [0.15, 0.2) is 0 Å². The van der Waals surface area contributed by atoms with Crippen LogP contribution in [0.5, 0.6) is 0 Å². The number of halogens is 1. The summed E-state index contributed by atoms with van der Waals surface area (Å²) in [5.41, 5.74) is 2.71. The van der Waals surface area contributed by atoms with E-state index in [-0.39, 0.29) is 6.29 Å². The summed E-state index contributed by atoms with van der Waals surface area (Å²) >= 11 is 5.84. The average molecular weight is 251 g/mol. The van der Waals surface area contributed by atoms with E-state index in [0.717, 1.165) is 17.0 Å². The summed E-state index contributed by atoms with van der Waals surface area (Å²) in [7, 11) is 0. The largest absolute Gasteiger partial charge is 0.345 e. The summed E-state index contributed by atoms with van der Waals surface area (Å²) < 4.78 is 10.8. The van der Waals surface area contributed by atoms with E-state index in [2.05, 4.69) is 10.2 Å². The molecule has 0 amide bonds. The van der Waals surface area contributed by atoms with Crippen molar-refractivity contribution in [1.29, 1.82) is 0 Å². The number of rotatable bonds is 2. The summed E-state index contributed by atoms with van der Waals surface area (Å²) in [5, 5.41) is 7.88. The van der Waals surface area contributed by atoms with Crippen molar-refractivity contribution in [3.05, 3.63) is 41.0 Å². The number of hydrogen-bond acceptors (Lipinski definition) is 3. The molecule has 0 unspecified atom stereocenters. The topological polar surface area (TPSA) is 47.1 Å². The minimum atomic E-state index is -0.316. The van der Waals surface area contributed by atoms with Crippen LogP contribution < -0.4 is 0 Å². The molecule has 17 heavy (non-hydrogen) atoms. The van der Waals surface area contributed by atoms with Crippen molar-refractivity contribution in [2.75, 3.05) is 13.2 Å². The highest BCUT2D eigenvalue weighted by atomic mass is 35.5. The lowest BCUT2D eigenvalue weighted by Gasteiger charge is -2.03. The van der Waals surface area contributed by atoms with Gasteiger partial charge in [-0.1, -0.05) is 23.7 Å². The van der Waals surface area contributed by atoms with Crippen LogP contribution in [0.2, 0.25) is 5.02 Å². The third-order valence-electron chi connectivity index (χ3n) is 2.61. The molecule has 1 aromatic carbocycles. The van der Waals surface area contributed by atoms with Gasteiger partial charge in [0, 0.05) is 10.6 Å². The fraction of sp³-hybridized carbons (Fsp3) is 0.250. The van der Waals surface area contributed by atoms with E-state index in [1.165, 1.54) is 0 Å². The maximum absolute atomic E-state index is 5.84. The predicted molar refractivity (Wildman–Crippen MR) is 63.7 cm³/mol. The van der Waals surface area contributed by atoms with Gasteiger partial charge < -0.3 is 9.47 Å². The lowest BCUT2D eigenvalue weighted by Crippen LogP contribution is -1.97. The highest BCUT2D eigenvalue weighted by molar-refractivity contribution is 6.30. The number of benzene rings is 1. The van der Waals surface area contributed by atoms with Crippen LogP contribution in [-0.2, 0) is 9.47 Å². The molecule has 0 aliphatic carbocycles. The third kappa shape index (κ3) is 2.20. The number of nitrogens with one attached hydrogen (secondary N) is 1. The Morgan fingerprint density at radius 2 is 1.88 bits per heavy atom. The van der Waals surface area contributed by atoms with Crippen molar-refractivity contribution < 1.29 is 9.47 Å². The van der Waals surface area contributed by atoms with E-state index in [1.807, 2.05) is 30.3 Å². The molecule has 2 aromatic rings. The third-order valence-corrected chi connectivity index (χ3v) is 2.87. The van der Waals surface area contributed by atoms with Gasteiger partial charge in [-0.2, -0.15) is 5.10 Å². The maximum Gasteiger partial charge on any atom is 0.200 e. The highest BCUT2D eigenvalue weighted by Crippen LogP contribution is 2.26. The van der Waals surface area contributed by atoms with E-state index >= 15 is 0 Å². The van der Waals surface area contributed by atoms with Gasteiger partial charge in [0.1, 0.15) is 0 Å². The monoisotopic (exact) mass is 250 g/mol. The number of aromatic nitrogens is 2. The molecule has 0 spiro atoms. The van der Waals surface area contributed by atoms with Crippen molar-refractivity contribution in [3.8, 4) is 11.3 Å². The SMILES string of the molecule is Clc1ccc(-c2cc(C3OCCO3)[nH]n2)cc1. The van der Waals surface area contributed by atoms with E-state index in [0.29, 0.717) is 18.2 Å². The first-order valence-electron chi connectivity index (χ1n) is 5.37. The zero-order valence-corrected chi connectivity index (χ0v) is 9.78. The maximum atomic E-state index is 5.84. The van der Waals surface area contributed by atoms with Gasteiger partial charge in [0.2, 0.25) is 6.29 Å². The zero-order chi connectivity index (χ0) is 11.7. The standard InChI is InChI=1S/C12H11ClN2O2/c13-9-3-1-8(2-4-9)10-7-11(15-14-10)12-16-5-6-17-12/h1-4,7,12H,5-6H2,(H,14,15). The molecule has 1 N–H and O–H groups in total. The van der Waals surface area contributed by atoms with Gasteiger partial charge >= 0.3 is 0 Å². The average Bonchev–Trinajstić information content (AvgIpc) is 3.00. The molecule has 1 aromatic heterocycles. The summed E-state index contributed by atoms with van der Waals surface area (Å²) in [4.78, 5) is 0. The Bertz CT molecular complexity index is 503. The Morgan fingerprint density at radius 1 is 1.18 bits per heavy atom. The molecule has 1 saturated heterocycles. The van der Waals surface area contributed by atoms with Crippen LogP contribution in [-0.4, -0.2) is 23.4 Å². The van der Waals surface area contributed by atoms with Crippen molar-refractivity contribution in [2.45, 2.75) is 6.29 Å². The van der Waals surface area contributed by atoms with Gasteiger partial charge in [0.05, 0.1) is 24.6 Å². The van der Waals surface area contributed by atoms with E-state index in [9.17, 15) is 0 Å². The normalized spacial score (nSPS) is 16.5. The molecule has 4 nitrogen and oxygen atoms in total. The summed E-state index contributed by atoms with van der Waals surface area (Å²) in [5.74, 6) is 0. The number of ether oxygens (including phenoxy) is 2. The lowest BCUT2D eigenvalue weighted by atomic mass is 10.1. The number of hydrogen-bond donors (Lipinski definition) is 1. The molecule has 0 saturated carbocycles. The van der Waals surface area contributed by atoms with Crippen LogP contribution in [0.25, 0.3) is 11.3 Å². The number of aromatic amines is 1. The van der Waals surface area contributed by atoms with Gasteiger partial charge in [-0.25, -0.2) is 0 Å². The van der Waals surface area contributed by atoms with Crippen LogP contribution in [0, 0.1) is 0 Å². The first-order chi connectivity index (χ1) is 8.33. The zero-order valence-electron chi connectivity index (χ0n) is 9.02. The molecule has 0 radical (unpaired) electrons. The molecular weight excluding hydrogens is 240 g/mol. The Labute approximate surface area is 104 Å². The fourth-order valence-electron chi connectivity index (χ4n) is 1.76. The molecule has 3 rings (SSSR count). The Hall–Kier alpha value is -1.36. The molecule has 0 atom stereocenters. The Kier molecular flexibility index (Phi) is 2.84. The lowest BCUT2D eigenvalue weighted by molar-refractivity contribution is -0.0473. The molecule has 0 bridgehead atoms. The van der Waals surface area contributed by atoms with Crippen molar-refractivity contribution in [1.82, 2.24) is 10.2 Å². The van der Waals surface area contributed by atoms with Crippen molar-refractivity contribution in [2.24, 2.45) is 0 Å². The minimum absolute atomic E-state index is 0.316. The first kappa shape index (κ1) is 10.8. The highest BCUT2D eigenvalue weighted by Gasteiger charge is 2.20. The molecular formula is C12H11ClN2O2. The quantitative estimate of drug-likeness (QED) is 0.892. The van der Waals surface area contributed by atoms with Crippen LogP contribution in [0.1, 0.15) is 12.0 Å². The second-order valence-corrected chi connectivity index (χ2v) is 4.23. The van der Waals surface area contributed by atoms with Crippen molar-refractivity contribution in [3.63, 3.8) is 0 Å². The van der Waals surface area contributed by atoms with Crippen LogP contribution >= 0.6 is 11.6 Å². The molecule has 1 aliphatic heterocycles. The molecule has 1 fully saturated rings. The second-order valence-electron chi connectivity index (χ2n) is 3.79. The van der Waals surface area contributed by atoms with Crippen LogP contribution in [0.4, 0.5) is 0 Å². The number of nitrogens with zero attached hydrogens (tertiary/aromatic N) is 1. The molecule has 2 heterocycles. The smallest absolute Gasteiger partial charge is 0.200 e. The van der Waals surface area contributed by atoms with E-state index < -0.39 is 0 Å². The van der Waals surface area contributed by atoms with Gasteiger partial charge in [-0.3, -0.25) is 5.10 Å². The molecule has 1 aliphatic rings. The van der Waals surface area contributed by atoms with E-state index in [1.54, 1.807) is 0 Å². The van der Waals surface area contributed by atoms with Gasteiger partial charge in [-0.15, -0.1) is 0 Å². The van der Waals surface area contributed by atoms with Crippen LogP contribution in [0.15, 0.2) is 30.3 Å². The summed E-state index contributed by atoms with van der Waals surface area (Å²) in [6.45, 7) is 1.25. The van der Waals surface area contributed by atoms with Gasteiger partial charge in [0.25, 0.3) is 0 Å². The van der Waals surface area contributed by atoms with E-state index in [4.69, 9.17) is 21.1 Å². The molecule has 88 valence electrons. The fourth-order valence-corrected chi connectivity index (χ4v) is 1.89. The van der Waals surface area contributed by atoms with Crippen LogP contribution in [0.3, 0.4) is 0 Å². The Balaban J connectivity index is 1.86. The summed E-state index contributed by atoms with van der Waals surface area (Å²) in [6.07, 6.45) is -0.316.